The van der Waals surface area contributed by atoms with Crippen LogP contribution in [0.5, 0.6) is 0 Å². The quantitative estimate of drug-likeness (QED) is 0.593. The number of hydrogen-bond donors (Lipinski definition) is 2. The van der Waals surface area contributed by atoms with E-state index in [4.69, 9.17) is 0 Å². The van der Waals surface area contributed by atoms with Crippen LogP contribution in [0.3, 0.4) is 0 Å². The molecule has 2 aliphatic rings. The molecule has 0 aromatic heterocycles. The molecule has 0 radical (unpaired) electrons. The van der Waals surface area contributed by atoms with Gasteiger partial charge in [-0.3, -0.25) is 0 Å². The van der Waals surface area contributed by atoms with Crippen molar-refractivity contribution < 1.29 is 5.11 Å². The zero-order valence-electron chi connectivity index (χ0n) is 7.38. The number of thioether (sulfide) groups is 1. The molecule has 3 heteroatoms. The van der Waals surface area contributed by atoms with Gasteiger partial charge in [-0.2, -0.15) is 11.8 Å². The van der Waals surface area contributed by atoms with Gasteiger partial charge in [0.15, 0.2) is 0 Å². The van der Waals surface area contributed by atoms with Gasteiger partial charge < -0.3 is 10.4 Å². The van der Waals surface area contributed by atoms with Crippen LogP contribution >= 0.6 is 11.8 Å². The van der Waals surface area contributed by atoms with Gasteiger partial charge in [-0.1, -0.05) is 0 Å². The van der Waals surface area contributed by atoms with Gasteiger partial charge in [-0.25, -0.2) is 0 Å². The van der Waals surface area contributed by atoms with Crippen LogP contribution in [-0.2, 0) is 0 Å². The molecular weight excluding hydrogens is 170 g/mol. The number of aliphatic hydroxyl groups is 1. The highest BCUT2D eigenvalue weighted by molar-refractivity contribution is 7.99. The Labute approximate surface area is 78.1 Å². The summed E-state index contributed by atoms with van der Waals surface area (Å²) in [6.07, 6.45) is 4.36. The van der Waals surface area contributed by atoms with E-state index in [9.17, 15) is 5.11 Å². The summed E-state index contributed by atoms with van der Waals surface area (Å²) in [6.45, 7) is 1.01. The molecule has 0 aromatic rings. The first-order valence-corrected chi connectivity index (χ1v) is 5.97. The van der Waals surface area contributed by atoms with E-state index < -0.39 is 0 Å². The summed E-state index contributed by atoms with van der Waals surface area (Å²) in [6, 6.07) is 0. The lowest BCUT2D eigenvalue weighted by Gasteiger charge is -2.43. The molecule has 0 amide bonds. The van der Waals surface area contributed by atoms with Crippen molar-refractivity contribution in [1.29, 1.82) is 0 Å². The van der Waals surface area contributed by atoms with Gasteiger partial charge >= 0.3 is 0 Å². The van der Waals surface area contributed by atoms with E-state index in [-0.39, 0.29) is 6.10 Å². The van der Waals surface area contributed by atoms with Crippen molar-refractivity contribution in [2.45, 2.75) is 37.3 Å². The summed E-state index contributed by atoms with van der Waals surface area (Å²) in [5, 5.41) is 13.2. The first-order chi connectivity index (χ1) is 5.81. The average molecular weight is 187 g/mol. The highest BCUT2D eigenvalue weighted by atomic mass is 32.2. The first-order valence-electron chi connectivity index (χ1n) is 4.82. The Morgan fingerprint density at radius 1 is 1.33 bits per heavy atom. The van der Waals surface area contributed by atoms with Gasteiger partial charge in [0, 0.05) is 5.54 Å². The zero-order chi connectivity index (χ0) is 8.44. The molecule has 70 valence electrons. The van der Waals surface area contributed by atoms with Gasteiger partial charge in [0.25, 0.3) is 0 Å². The Morgan fingerprint density at radius 3 is 2.75 bits per heavy atom. The topological polar surface area (TPSA) is 32.3 Å². The van der Waals surface area contributed by atoms with E-state index in [1.807, 2.05) is 11.8 Å². The number of aliphatic hydroxyl groups excluding tert-OH is 1. The van der Waals surface area contributed by atoms with Gasteiger partial charge in [0.05, 0.1) is 6.10 Å². The number of hydrogen-bond acceptors (Lipinski definition) is 3. The lowest BCUT2D eigenvalue weighted by molar-refractivity contribution is 0.0729. The number of nitrogens with one attached hydrogen (secondary N) is 1. The van der Waals surface area contributed by atoms with Crippen LogP contribution in [0, 0.1) is 0 Å². The van der Waals surface area contributed by atoms with Crippen molar-refractivity contribution in [1.82, 2.24) is 5.32 Å². The molecule has 2 rings (SSSR count). The van der Waals surface area contributed by atoms with Crippen molar-refractivity contribution in [3.63, 3.8) is 0 Å². The molecule has 0 aliphatic carbocycles. The first kappa shape index (κ1) is 8.85. The minimum atomic E-state index is -0.0469. The van der Waals surface area contributed by atoms with Crippen LogP contribution in [0.1, 0.15) is 25.7 Å². The van der Waals surface area contributed by atoms with Crippen LogP contribution in [0.25, 0.3) is 0 Å². The lowest BCUT2D eigenvalue weighted by Crippen LogP contribution is -2.54. The molecule has 2 saturated heterocycles. The lowest BCUT2D eigenvalue weighted by atomic mass is 9.82. The highest BCUT2D eigenvalue weighted by Gasteiger charge is 2.36. The minimum Gasteiger partial charge on any atom is -0.393 e. The SMILES string of the molecule is O[C@@H]1CCNC2(CCSCC2)C1. The third-order valence-corrected chi connectivity index (χ3v) is 4.04. The molecule has 2 heterocycles. The second-order valence-corrected chi connectivity index (χ2v) is 5.19. The maximum absolute atomic E-state index is 9.58. The maximum atomic E-state index is 9.58. The van der Waals surface area contributed by atoms with Gasteiger partial charge in [-0.05, 0) is 43.7 Å². The Balaban J connectivity index is 1.97. The third kappa shape index (κ3) is 1.78. The van der Waals surface area contributed by atoms with E-state index in [1.54, 1.807) is 0 Å². The second kappa shape index (κ2) is 3.56. The largest absolute Gasteiger partial charge is 0.393 e. The molecule has 2 fully saturated rings. The summed E-state index contributed by atoms with van der Waals surface area (Å²) in [5.74, 6) is 2.53. The van der Waals surface area contributed by atoms with Gasteiger partial charge in [-0.15, -0.1) is 0 Å². The van der Waals surface area contributed by atoms with E-state index >= 15 is 0 Å². The van der Waals surface area contributed by atoms with E-state index in [0.29, 0.717) is 5.54 Å². The van der Waals surface area contributed by atoms with Crippen LogP contribution in [-0.4, -0.2) is 34.8 Å². The Hall–Kier alpha value is 0.270. The van der Waals surface area contributed by atoms with E-state index in [1.165, 1.54) is 24.3 Å². The molecule has 0 bridgehead atoms. The monoisotopic (exact) mass is 187 g/mol. The van der Waals surface area contributed by atoms with Crippen molar-refractivity contribution in [2.24, 2.45) is 0 Å². The normalized spacial score (nSPS) is 35.2. The van der Waals surface area contributed by atoms with Crippen molar-refractivity contribution in [3.05, 3.63) is 0 Å². The fourth-order valence-electron chi connectivity index (χ4n) is 2.27. The van der Waals surface area contributed by atoms with Gasteiger partial charge in [0.2, 0.25) is 0 Å². The molecular formula is C9H17NOS. The molecule has 0 aromatic carbocycles. The van der Waals surface area contributed by atoms with Crippen LogP contribution in [0.4, 0.5) is 0 Å². The molecule has 1 atom stereocenters. The Morgan fingerprint density at radius 2 is 2.08 bits per heavy atom. The fraction of sp³-hybridized carbons (Fsp3) is 1.00. The predicted octanol–water partition coefficient (Wildman–Crippen LogP) is 0.997. The molecule has 2 nitrogen and oxygen atoms in total. The molecule has 0 unspecified atom stereocenters. The summed E-state index contributed by atoms with van der Waals surface area (Å²) >= 11 is 2.04. The maximum Gasteiger partial charge on any atom is 0.0569 e. The number of rotatable bonds is 0. The number of piperidine rings is 1. The molecule has 0 saturated carbocycles. The average Bonchev–Trinajstić information content (AvgIpc) is 2.05. The second-order valence-electron chi connectivity index (χ2n) is 3.97. The van der Waals surface area contributed by atoms with E-state index in [2.05, 4.69) is 5.32 Å². The minimum absolute atomic E-state index is 0.0469. The standard InChI is InChI=1S/C9H17NOS/c11-8-1-4-10-9(7-8)2-5-12-6-3-9/h8,10-11H,1-7H2/t8-/m1/s1. The van der Waals surface area contributed by atoms with Crippen molar-refractivity contribution in [2.75, 3.05) is 18.1 Å². The molecule has 1 spiro atoms. The van der Waals surface area contributed by atoms with Crippen molar-refractivity contribution >= 4 is 11.8 Å². The highest BCUT2D eigenvalue weighted by Crippen LogP contribution is 2.33. The molecule has 12 heavy (non-hydrogen) atoms. The zero-order valence-corrected chi connectivity index (χ0v) is 8.20. The predicted molar refractivity (Wildman–Crippen MR) is 52.5 cm³/mol. The fourth-order valence-corrected chi connectivity index (χ4v) is 3.55. The third-order valence-electron chi connectivity index (χ3n) is 3.05. The smallest absolute Gasteiger partial charge is 0.0569 e. The van der Waals surface area contributed by atoms with E-state index in [0.717, 1.165) is 19.4 Å². The molecule has 2 N–H and O–H groups in total. The Kier molecular flexibility index (Phi) is 2.63. The summed E-state index contributed by atoms with van der Waals surface area (Å²) in [4.78, 5) is 0. The van der Waals surface area contributed by atoms with Crippen LogP contribution < -0.4 is 5.32 Å². The van der Waals surface area contributed by atoms with Gasteiger partial charge in [0.1, 0.15) is 0 Å². The summed E-state index contributed by atoms with van der Waals surface area (Å²) in [5.41, 5.74) is 0.308. The van der Waals surface area contributed by atoms with Crippen LogP contribution in [0.2, 0.25) is 0 Å². The molecule has 2 aliphatic heterocycles. The van der Waals surface area contributed by atoms with Crippen molar-refractivity contribution in [3.8, 4) is 0 Å². The van der Waals surface area contributed by atoms with Crippen LogP contribution in [0.15, 0.2) is 0 Å². The summed E-state index contributed by atoms with van der Waals surface area (Å²) in [7, 11) is 0. The Bertz CT molecular complexity index is 151. The summed E-state index contributed by atoms with van der Waals surface area (Å²) < 4.78 is 0.